The number of rotatable bonds is 3. The van der Waals surface area contributed by atoms with Gasteiger partial charge in [0.1, 0.15) is 5.82 Å². The molecule has 0 bridgehead atoms. The first kappa shape index (κ1) is 14.8. The smallest absolute Gasteiger partial charge is 0.124 e. The molecule has 1 aromatic carbocycles. The van der Waals surface area contributed by atoms with Crippen molar-refractivity contribution in [2.75, 3.05) is 26.2 Å². The molecule has 3 rings (SSSR count). The highest BCUT2D eigenvalue weighted by Gasteiger charge is 2.18. The van der Waals surface area contributed by atoms with Crippen LogP contribution >= 0.6 is 11.6 Å². The van der Waals surface area contributed by atoms with Crippen molar-refractivity contribution in [1.82, 2.24) is 19.8 Å². The number of halogens is 1. The molecule has 0 saturated carbocycles. The van der Waals surface area contributed by atoms with Crippen molar-refractivity contribution >= 4 is 22.6 Å². The predicted octanol–water partition coefficient (Wildman–Crippen LogP) is 3.07. The molecule has 1 fully saturated rings. The summed E-state index contributed by atoms with van der Waals surface area (Å²) in [5.41, 5.74) is 2.07. The third kappa shape index (κ3) is 3.07. The number of nitrogens with one attached hydrogen (secondary N) is 1. The summed E-state index contributed by atoms with van der Waals surface area (Å²) in [6.45, 7) is 9.66. The fourth-order valence-corrected chi connectivity index (χ4v) is 3.34. The maximum absolute atomic E-state index is 6.40. The molecule has 0 aliphatic carbocycles. The van der Waals surface area contributed by atoms with Crippen molar-refractivity contribution in [1.29, 1.82) is 0 Å². The summed E-state index contributed by atoms with van der Waals surface area (Å²) in [7, 11) is 0. The van der Waals surface area contributed by atoms with Gasteiger partial charge in [-0.05, 0) is 45.5 Å². The Morgan fingerprint density at radius 2 is 2.14 bits per heavy atom. The second-order valence-corrected chi connectivity index (χ2v) is 6.39. The third-order valence-corrected chi connectivity index (χ3v) is 4.35. The van der Waals surface area contributed by atoms with Gasteiger partial charge in [-0.2, -0.15) is 0 Å². The van der Waals surface area contributed by atoms with Crippen LogP contribution in [-0.4, -0.2) is 40.6 Å². The first-order valence-corrected chi connectivity index (χ1v) is 8.13. The van der Waals surface area contributed by atoms with Gasteiger partial charge < -0.3 is 9.88 Å². The van der Waals surface area contributed by atoms with Crippen molar-refractivity contribution < 1.29 is 0 Å². The molecule has 1 saturated heterocycles. The standard InChI is InChI=1S/C16H23ClN4/c1-12(2)21-15(11-20-9-4-7-18-8-10-20)19-14-6-3-5-13(17)16(14)21/h3,5-6,12,18H,4,7-11H2,1-2H3. The number of fused-ring (bicyclic) bond motifs is 1. The largest absolute Gasteiger partial charge is 0.323 e. The molecule has 0 spiro atoms. The summed E-state index contributed by atoms with van der Waals surface area (Å²) in [6.07, 6.45) is 1.20. The molecule has 0 amide bonds. The summed E-state index contributed by atoms with van der Waals surface area (Å²) in [4.78, 5) is 7.32. The molecular weight excluding hydrogens is 284 g/mol. The molecular formula is C16H23ClN4. The SMILES string of the molecule is CC(C)n1c(CN2CCCNCC2)nc2cccc(Cl)c21. The molecule has 0 radical (unpaired) electrons. The van der Waals surface area contributed by atoms with Gasteiger partial charge in [0.25, 0.3) is 0 Å². The molecule has 4 nitrogen and oxygen atoms in total. The zero-order chi connectivity index (χ0) is 14.8. The van der Waals surface area contributed by atoms with E-state index in [1.807, 2.05) is 18.2 Å². The second kappa shape index (κ2) is 6.34. The van der Waals surface area contributed by atoms with Crippen LogP contribution in [0, 0.1) is 0 Å². The summed E-state index contributed by atoms with van der Waals surface area (Å²) < 4.78 is 2.29. The molecule has 0 unspecified atom stereocenters. The van der Waals surface area contributed by atoms with Crippen LogP contribution in [0.5, 0.6) is 0 Å². The second-order valence-electron chi connectivity index (χ2n) is 5.98. The monoisotopic (exact) mass is 306 g/mol. The molecule has 5 heteroatoms. The topological polar surface area (TPSA) is 33.1 Å². The van der Waals surface area contributed by atoms with Gasteiger partial charge >= 0.3 is 0 Å². The lowest BCUT2D eigenvalue weighted by atomic mass is 10.3. The molecule has 1 aliphatic heterocycles. The van der Waals surface area contributed by atoms with Crippen LogP contribution in [0.2, 0.25) is 5.02 Å². The number of benzene rings is 1. The number of aromatic nitrogens is 2. The Bertz CT molecular complexity index is 612. The van der Waals surface area contributed by atoms with Crippen LogP contribution in [-0.2, 0) is 6.54 Å². The van der Waals surface area contributed by atoms with E-state index in [1.165, 1.54) is 6.42 Å². The van der Waals surface area contributed by atoms with E-state index in [9.17, 15) is 0 Å². The zero-order valence-electron chi connectivity index (χ0n) is 12.8. The summed E-state index contributed by atoms with van der Waals surface area (Å²) in [5, 5.41) is 4.24. The number of para-hydroxylation sites is 1. The lowest BCUT2D eigenvalue weighted by Crippen LogP contribution is -2.29. The van der Waals surface area contributed by atoms with E-state index in [0.717, 1.165) is 54.6 Å². The third-order valence-electron chi connectivity index (χ3n) is 4.05. The fraction of sp³-hybridized carbons (Fsp3) is 0.562. The Kier molecular flexibility index (Phi) is 4.48. The minimum Gasteiger partial charge on any atom is -0.323 e. The maximum Gasteiger partial charge on any atom is 0.124 e. The first-order valence-electron chi connectivity index (χ1n) is 7.75. The molecule has 1 aromatic heterocycles. The first-order chi connectivity index (χ1) is 10.2. The Morgan fingerprint density at radius 3 is 2.95 bits per heavy atom. The Hall–Kier alpha value is -1.10. The number of imidazole rings is 1. The van der Waals surface area contributed by atoms with E-state index >= 15 is 0 Å². The van der Waals surface area contributed by atoms with Gasteiger partial charge in [0.05, 0.1) is 22.6 Å². The summed E-state index contributed by atoms with van der Waals surface area (Å²) in [5.74, 6) is 1.12. The number of hydrogen-bond acceptors (Lipinski definition) is 3. The molecule has 21 heavy (non-hydrogen) atoms. The van der Waals surface area contributed by atoms with Gasteiger partial charge in [0.2, 0.25) is 0 Å². The fourth-order valence-electron chi connectivity index (χ4n) is 3.08. The number of nitrogens with zero attached hydrogens (tertiary/aromatic N) is 3. The Balaban J connectivity index is 1.97. The maximum atomic E-state index is 6.40. The molecule has 114 valence electrons. The van der Waals surface area contributed by atoms with Crippen molar-refractivity contribution in [3.63, 3.8) is 0 Å². The van der Waals surface area contributed by atoms with Gasteiger partial charge in [-0.25, -0.2) is 4.98 Å². The van der Waals surface area contributed by atoms with E-state index < -0.39 is 0 Å². The van der Waals surface area contributed by atoms with Gasteiger partial charge in [0, 0.05) is 19.1 Å². The lowest BCUT2D eigenvalue weighted by molar-refractivity contribution is 0.271. The van der Waals surface area contributed by atoms with Crippen LogP contribution in [0.4, 0.5) is 0 Å². The minimum absolute atomic E-state index is 0.356. The zero-order valence-corrected chi connectivity index (χ0v) is 13.5. The van der Waals surface area contributed by atoms with Gasteiger partial charge in [-0.15, -0.1) is 0 Å². The molecule has 2 aromatic rings. The highest BCUT2D eigenvalue weighted by atomic mass is 35.5. The van der Waals surface area contributed by atoms with Crippen LogP contribution in [0.15, 0.2) is 18.2 Å². The van der Waals surface area contributed by atoms with Crippen molar-refractivity contribution in [3.05, 3.63) is 29.0 Å². The molecule has 2 heterocycles. The normalized spacial score (nSPS) is 17.5. The van der Waals surface area contributed by atoms with E-state index in [1.54, 1.807) is 0 Å². The summed E-state index contributed by atoms with van der Waals surface area (Å²) in [6, 6.07) is 6.33. The summed E-state index contributed by atoms with van der Waals surface area (Å²) >= 11 is 6.40. The highest BCUT2D eigenvalue weighted by molar-refractivity contribution is 6.35. The van der Waals surface area contributed by atoms with E-state index in [4.69, 9.17) is 16.6 Å². The molecule has 1 N–H and O–H groups in total. The van der Waals surface area contributed by atoms with Crippen LogP contribution in [0.3, 0.4) is 0 Å². The minimum atomic E-state index is 0.356. The van der Waals surface area contributed by atoms with Crippen molar-refractivity contribution in [3.8, 4) is 0 Å². The van der Waals surface area contributed by atoms with E-state index in [-0.39, 0.29) is 0 Å². The average Bonchev–Trinajstić information content (AvgIpc) is 2.63. The average molecular weight is 307 g/mol. The lowest BCUT2D eigenvalue weighted by Gasteiger charge is -2.21. The van der Waals surface area contributed by atoms with Gasteiger partial charge in [0.15, 0.2) is 0 Å². The van der Waals surface area contributed by atoms with Crippen LogP contribution in [0.25, 0.3) is 11.0 Å². The van der Waals surface area contributed by atoms with Gasteiger partial charge in [-0.3, -0.25) is 4.90 Å². The predicted molar refractivity (Wildman–Crippen MR) is 87.9 cm³/mol. The van der Waals surface area contributed by atoms with Gasteiger partial charge in [-0.1, -0.05) is 17.7 Å². The van der Waals surface area contributed by atoms with Crippen LogP contribution in [0.1, 0.15) is 32.1 Å². The molecule has 0 atom stereocenters. The Labute approximate surface area is 131 Å². The molecule has 1 aliphatic rings. The van der Waals surface area contributed by atoms with Crippen molar-refractivity contribution in [2.45, 2.75) is 32.9 Å². The highest BCUT2D eigenvalue weighted by Crippen LogP contribution is 2.28. The Morgan fingerprint density at radius 1 is 1.29 bits per heavy atom. The van der Waals surface area contributed by atoms with Crippen molar-refractivity contribution in [2.24, 2.45) is 0 Å². The van der Waals surface area contributed by atoms with E-state index in [0.29, 0.717) is 6.04 Å². The number of hydrogen-bond donors (Lipinski definition) is 1. The van der Waals surface area contributed by atoms with Crippen LogP contribution < -0.4 is 5.32 Å². The van der Waals surface area contributed by atoms with E-state index in [2.05, 4.69) is 28.6 Å². The quantitative estimate of drug-likeness (QED) is 0.946.